The summed E-state index contributed by atoms with van der Waals surface area (Å²) in [6.07, 6.45) is -2.50. The van der Waals surface area contributed by atoms with Crippen LogP contribution < -0.4 is 16.1 Å². The molecule has 2 aromatic rings. The van der Waals surface area contributed by atoms with E-state index in [1.807, 2.05) is 24.3 Å². The summed E-state index contributed by atoms with van der Waals surface area (Å²) in [7, 11) is 0. The summed E-state index contributed by atoms with van der Waals surface area (Å²) in [6.45, 7) is 0.311. The topological polar surface area (TPSA) is 146 Å². The molecule has 0 radical (unpaired) electrons. The molecule has 0 amide bonds. The summed E-state index contributed by atoms with van der Waals surface area (Å²) in [5, 5.41) is 30.5. The van der Waals surface area contributed by atoms with Gasteiger partial charge in [-0.3, -0.25) is 14.3 Å². The van der Waals surface area contributed by atoms with Gasteiger partial charge in [0.15, 0.2) is 12.0 Å². The maximum atomic E-state index is 12.4. The van der Waals surface area contributed by atoms with Crippen LogP contribution in [0.3, 0.4) is 0 Å². The quantitative estimate of drug-likeness (QED) is 0.365. The zero-order chi connectivity index (χ0) is 24.3. The van der Waals surface area contributed by atoms with Gasteiger partial charge in [0.25, 0.3) is 5.56 Å². The van der Waals surface area contributed by atoms with E-state index in [2.05, 4.69) is 9.88 Å². The monoisotopic (exact) mass is 497 g/mol. The molecule has 0 aliphatic carbocycles. The molecule has 2 aliphatic rings. The summed E-state index contributed by atoms with van der Waals surface area (Å²) < 4.78 is 19.1. The normalized spacial score (nSPS) is 26.6. The van der Waals surface area contributed by atoms with Crippen molar-refractivity contribution < 1.29 is 29.5 Å². The third kappa shape index (κ3) is 5.05. The van der Waals surface area contributed by atoms with E-state index in [0.29, 0.717) is 31.0 Å². The van der Waals surface area contributed by atoms with Crippen LogP contribution in [0.15, 0.2) is 46.1 Å². The SMILES string of the molecule is O=c1ccn([C@@H]2O[C@H](CO)[C@@H](O)[C@H]2OC2(OCCO)CCN(c3ccccc3Cl)CC2)c(=O)[nH]1. The third-order valence-corrected chi connectivity index (χ3v) is 6.46. The van der Waals surface area contributed by atoms with Gasteiger partial charge in [0.1, 0.15) is 18.3 Å². The lowest BCUT2D eigenvalue weighted by atomic mass is 10.0. The molecule has 0 spiro atoms. The minimum atomic E-state index is -1.27. The Morgan fingerprint density at radius 2 is 1.91 bits per heavy atom. The van der Waals surface area contributed by atoms with Crippen molar-refractivity contribution in [3.05, 3.63) is 62.4 Å². The Labute approximate surface area is 200 Å². The fourth-order valence-electron chi connectivity index (χ4n) is 4.42. The van der Waals surface area contributed by atoms with Crippen LogP contribution in [0.5, 0.6) is 0 Å². The van der Waals surface area contributed by atoms with Gasteiger partial charge in [-0.2, -0.15) is 0 Å². The molecule has 4 rings (SSSR count). The van der Waals surface area contributed by atoms with Gasteiger partial charge in [-0.05, 0) is 12.1 Å². The number of aromatic nitrogens is 2. The Morgan fingerprint density at radius 1 is 1.18 bits per heavy atom. The molecular formula is C22H28ClN3O8. The molecule has 0 unspecified atom stereocenters. The number of para-hydroxylation sites is 1. The Morgan fingerprint density at radius 3 is 2.56 bits per heavy atom. The van der Waals surface area contributed by atoms with Crippen LogP contribution in [0.25, 0.3) is 0 Å². The van der Waals surface area contributed by atoms with E-state index in [9.17, 15) is 24.9 Å². The molecule has 4 N–H and O–H groups in total. The highest BCUT2D eigenvalue weighted by molar-refractivity contribution is 6.33. The molecule has 186 valence electrons. The van der Waals surface area contributed by atoms with E-state index >= 15 is 0 Å². The highest BCUT2D eigenvalue weighted by atomic mass is 35.5. The summed E-state index contributed by atoms with van der Waals surface area (Å²) in [5.74, 6) is -1.19. The molecule has 1 aromatic heterocycles. The average Bonchev–Trinajstić information content (AvgIpc) is 3.13. The first-order valence-electron chi connectivity index (χ1n) is 11.1. The zero-order valence-corrected chi connectivity index (χ0v) is 19.1. The van der Waals surface area contributed by atoms with E-state index in [-0.39, 0.29) is 13.2 Å². The number of hydrogen-bond donors (Lipinski definition) is 4. The smallest absolute Gasteiger partial charge is 0.330 e. The molecule has 3 heterocycles. The number of H-pyrrole nitrogens is 1. The van der Waals surface area contributed by atoms with Gasteiger partial charge in [-0.25, -0.2) is 4.79 Å². The molecule has 0 bridgehead atoms. The lowest BCUT2D eigenvalue weighted by molar-refractivity contribution is -0.288. The van der Waals surface area contributed by atoms with E-state index < -0.39 is 48.2 Å². The number of aliphatic hydroxyl groups is 3. The zero-order valence-electron chi connectivity index (χ0n) is 18.4. The average molecular weight is 498 g/mol. The molecule has 1 aromatic carbocycles. The van der Waals surface area contributed by atoms with Crippen LogP contribution in [0.1, 0.15) is 19.1 Å². The molecule has 12 heteroatoms. The summed E-state index contributed by atoms with van der Waals surface area (Å²) >= 11 is 6.35. The predicted octanol–water partition coefficient (Wildman–Crippen LogP) is -0.169. The van der Waals surface area contributed by atoms with Crippen molar-refractivity contribution in [2.75, 3.05) is 37.8 Å². The van der Waals surface area contributed by atoms with Crippen LogP contribution in [0.4, 0.5) is 5.69 Å². The first-order chi connectivity index (χ1) is 16.4. The number of ether oxygens (including phenoxy) is 3. The number of halogens is 1. The number of rotatable bonds is 8. The number of aliphatic hydroxyl groups excluding tert-OH is 3. The Hall–Kier alpha value is -2.25. The lowest BCUT2D eigenvalue weighted by Crippen LogP contribution is -2.53. The summed E-state index contributed by atoms with van der Waals surface area (Å²) in [4.78, 5) is 28.1. The molecular weight excluding hydrogens is 470 g/mol. The van der Waals surface area contributed by atoms with Gasteiger partial charge >= 0.3 is 5.69 Å². The second-order valence-electron chi connectivity index (χ2n) is 8.26. The molecule has 2 saturated heterocycles. The number of benzene rings is 1. The van der Waals surface area contributed by atoms with Crippen LogP contribution in [-0.2, 0) is 14.2 Å². The fraction of sp³-hybridized carbons (Fsp3) is 0.545. The number of aromatic amines is 1. The molecule has 2 fully saturated rings. The van der Waals surface area contributed by atoms with Crippen molar-refractivity contribution in [2.24, 2.45) is 0 Å². The first kappa shape index (κ1) is 24.9. The van der Waals surface area contributed by atoms with Crippen molar-refractivity contribution in [1.82, 2.24) is 9.55 Å². The predicted molar refractivity (Wildman–Crippen MR) is 122 cm³/mol. The number of piperidine rings is 1. The number of hydrogen-bond acceptors (Lipinski definition) is 9. The van der Waals surface area contributed by atoms with Crippen LogP contribution in [-0.4, -0.2) is 81.9 Å². The molecule has 4 atom stereocenters. The van der Waals surface area contributed by atoms with Gasteiger partial charge in [0.2, 0.25) is 0 Å². The third-order valence-electron chi connectivity index (χ3n) is 6.14. The Balaban J connectivity index is 1.59. The van der Waals surface area contributed by atoms with Crippen LogP contribution in [0.2, 0.25) is 5.02 Å². The van der Waals surface area contributed by atoms with Gasteiger partial charge in [-0.1, -0.05) is 23.7 Å². The fourth-order valence-corrected chi connectivity index (χ4v) is 4.68. The van der Waals surface area contributed by atoms with Gasteiger partial charge in [0.05, 0.1) is 30.5 Å². The summed E-state index contributed by atoms with van der Waals surface area (Å²) in [5.41, 5.74) is -0.441. The van der Waals surface area contributed by atoms with Gasteiger partial charge < -0.3 is 34.4 Å². The largest absolute Gasteiger partial charge is 0.394 e. The first-order valence-corrected chi connectivity index (χ1v) is 11.4. The van der Waals surface area contributed by atoms with E-state index in [1.165, 1.54) is 6.20 Å². The van der Waals surface area contributed by atoms with E-state index in [0.717, 1.165) is 16.3 Å². The van der Waals surface area contributed by atoms with Gasteiger partial charge in [-0.15, -0.1) is 0 Å². The highest BCUT2D eigenvalue weighted by Gasteiger charge is 2.50. The van der Waals surface area contributed by atoms with Crippen LogP contribution >= 0.6 is 11.6 Å². The van der Waals surface area contributed by atoms with Crippen molar-refractivity contribution in [2.45, 2.75) is 43.2 Å². The number of nitrogens with zero attached hydrogens (tertiary/aromatic N) is 2. The van der Waals surface area contributed by atoms with Crippen molar-refractivity contribution in [3.63, 3.8) is 0 Å². The maximum Gasteiger partial charge on any atom is 0.330 e. The maximum absolute atomic E-state index is 12.4. The highest BCUT2D eigenvalue weighted by Crippen LogP contribution is 2.39. The molecule has 34 heavy (non-hydrogen) atoms. The number of anilines is 1. The van der Waals surface area contributed by atoms with E-state index in [1.54, 1.807) is 0 Å². The molecule has 0 saturated carbocycles. The van der Waals surface area contributed by atoms with Crippen molar-refractivity contribution >= 4 is 17.3 Å². The van der Waals surface area contributed by atoms with Crippen molar-refractivity contribution in [3.8, 4) is 0 Å². The van der Waals surface area contributed by atoms with E-state index in [4.69, 9.17) is 25.8 Å². The Bertz CT molecular complexity index is 1080. The lowest BCUT2D eigenvalue weighted by Gasteiger charge is -2.44. The minimum Gasteiger partial charge on any atom is -0.394 e. The molecule has 11 nitrogen and oxygen atoms in total. The standard InChI is InChI=1S/C22H28ClN3O8/c23-14-3-1-2-4-15(14)25-9-6-22(7-10-25,32-12-11-27)34-19-18(30)16(13-28)33-20(19)26-8-5-17(29)24-21(26)31/h1-5,8,16,18-20,27-28,30H,6-7,9-13H2,(H,24,29,31)/t16-,18-,19-,20-/m1/s1. The van der Waals surface area contributed by atoms with Crippen molar-refractivity contribution in [1.29, 1.82) is 0 Å². The second-order valence-corrected chi connectivity index (χ2v) is 8.67. The summed E-state index contributed by atoms with van der Waals surface area (Å²) in [6, 6.07) is 8.64. The minimum absolute atomic E-state index is 0.00245. The Kier molecular flexibility index (Phi) is 7.73. The van der Waals surface area contributed by atoms with Crippen LogP contribution in [0, 0.1) is 0 Å². The molecule has 2 aliphatic heterocycles. The number of nitrogens with one attached hydrogen (secondary N) is 1. The second kappa shape index (κ2) is 10.6. The van der Waals surface area contributed by atoms with Gasteiger partial charge in [0, 0.05) is 38.2 Å².